The van der Waals surface area contributed by atoms with E-state index in [0.717, 1.165) is 21.2 Å². The van der Waals surface area contributed by atoms with Crippen molar-refractivity contribution in [3.8, 4) is 0 Å². The van der Waals surface area contributed by atoms with E-state index in [2.05, 4.69) is 5.32 Å². The Morgan fingerprint density at radius 2 is 1.78 bits per heavy atom. The second-order valence-corrected chi connectivity index (χ2v) is 9.48. The van der Waals surface area contributed by atoms with E-state index < -0.39 is 16.1 Å². The molecule has 146 valence electrons. The molecule has 0 heterocycles. The number of sulfonamides is 1. The fourth-order valence-corrected chi connectivity index (χ4v) is 4.81. The molecule has 1 atom stereocenters. The number of halogens is 1. The van der Waals surface area contributed by atoms with Gasteiger partial charge < -0.3 is 5.32 Å². The first-order valence-corrected chi connectivity index (χ1v) is 11.8. The topological polar surface area (TPSA) is 66.5 Å². The average molecular weight is 427 g/mol. The number of anilines is 2. The van der Waals surface area contributed by atoms with Gasteiger partial charge in [0, 0.05) is 9.92 Å². The van der Waals surface area contributed by atoms with E-state index >= 15 is 0 Å². The number of amides is 1. The Morgan fingerprint density at radius 1 is 1.15 bits per heavy atom. The highest BCUT2D eigenvalue weighted by Crippen LogP contribution is 2.29. The van der Waals surface area contributed by atoms with Crippen LogP contribution in [0.4, 0.5) is 11.4 Å². The van der Waals surface area contributed by atoms with Gasteiger partial charge >= 0.3 is 0 Å². The normalized spacial score (nSPS) is 12.4. The molecule has 0 radical (unpaired) electrons. The molecule has 2 aromatic rings. The molecule has 0 aliphatic carbocycles. The van der Waals surface area contributed by atoms with Crippen LogP contribution in [0.5, 0.6) is 0 Å². The highest BCUT2D eigenvalue weighted by molar-refractivity contribution is 7.99. The van der Waals surface area contributed by atoms with Gasteiger partial charge in [0.05, 0.1) is 17.6 Å². The Balaban J connectivity index is 2.37. The summed E-state index contributed by atoms with van der Waals surface area (Å²) in [6.07, 6.45) is 1.42. The molecule has 0 fully saturated rings. The van der Waals surface area contributed by atoms with Crippen molar-refractivity contribution < 1.29 is 13.2 Å². The zero-order valence-corrected chi connectivity index (χ0v) is 17.9. The van der Waals surface area contributed by atoms with E-state index in [-0.39, 0.29) is 5.91 Å². The zero-order valence-electron chi connectivity index (χ0n) is 15.5. The molecule has 0 spiro atoms. The van der Waals surface area contributed by atoms with Crippen LogP contribution in [0.1, 0.15) is 20.3 Å². The molecule has 2 aromatic carbocycles. The van der Waals surface area contributed by atoms with E-state index in [9.17, 15) is 13.2 Å². The second-order valence-electron chi connectivity index (χ2n) is 5.88. The van der Waals surface area contributed by atoms with Crippen LogP contribution in [0.15, 0.2) is 53.4 Å². The van der Waals surface area contributed by atoms with Gasteiger partial charge in [0.25, 0.3) is 0 Å². The zero-order chi connectivity index (χ0) is 20.0. The predicted molar refractivity (Wildman–Crippen MR) is 114 cm³/mol. The van der Waals surface area contributed by atoms with Crippen LogP contribution < -0.4 is 9.62 Å². The largest absolute Gasteiger partial charge is 0.323 e. The van der Waals surface area contributed by atoms with Crippen LogP contribution >= 0.6 is 23.4 Å². The molecule has 0 saturated heterocycles. The van der Waals surface area contributed by atoms with Crippen LogP contribution in [-0.2, 0) is 14.8 Å². The molecule has 8 heteroatoms. The molecule has 0 bridgehead atoms. The van der Waals surface area contributed by atoms with Crippen molar-refractivity contribution in [1.29, 1.82) is 0 Å². The van der Waals surface area contributed by atoms with Crippen LogP contribution in [0.3, 0.4) is 0 Å². The lowest BCUT2D eigenvalue weighted by Crippen LogP contribution is -2.47. The molecule has 1 N–H and O–H groups in total. The smallest absolute Gasteiger partial charge is 0.248 e. The Bertz CT molecular complexity index is 886. The molecule has 0 aliphatic heterocycles. The summed E-state index contributed by atoms with van der Waals surface area (Å²) in [5.41, 5.74) is 1.08. The van der Waals surface area contributed by atoms with Crippen LogP contribution in [0, 0.1) is 0 Å². The first-order valence-electron chi connectivity index (χ1n) is 8.55. The summed E-state index contributed by atoms with van der Waals surface area (Å²) in [4.78, 5) is 13.9. The summed E-state index contributed by atoms with van der Waals surface area (Å²) < 4.78 is 26.1. The summed E-state index contributed by atoms with van der Waals surface area (Å²) >= 11 is 7.53. The minimum Gasteiger partial charge on any atom is -0.323 e. The number of para-hydroxylation sites is 1. The minimum absolute atomic E-state index is 0.324. The number of thioether (sulfide) groups is 1. The van der Waals surface area contributed by atoms with Gasteiger partial charge in [-0.3, -0.25) is 9.10 Å². The number of hydrogen-bond donors (Lipinski definition) is 1. The van der Waals surface area contributed by atoms with E-state index in [1.54, 1.807) is 43.0 Å². The molecule has 27 heavy (non-hydrogen) atoms. The molecule has 0 saturated carbocycles. The molecule has 0 unspecified atom stereocenters. The maximum absolute atomic E-state index is 13.0. The molecule has 5 nitrogen and oxygen atoms in total. The number of nitrogens with one attached hydrogen (secondary N) is 1. The second kappa shape index (κ2) is 9.48. The Morgan fingerprint density at radius 3 is 2.33 bits per heavy atom. The van der Waals surface area contributed by atoms with Crippen LogP contribution in [0.25, 0.3) is 0 Å². The highest BCUT2D eigenvalue weighted by Gasteiger charge is 2.31. The molecular weight excluding hydrogens is 404 g/mol. The number of benzene rings is 2. The summed E-state index contributed by atoms with van der Waals surface area (Å²) in [5, 5.41) is 3.38. The van der Waals surface area contributed by atoms with Crippen molar-refractivity contribution in [2.75, 3.05) is 21.6 Å². The first kappa shape index (κ1) is 21.6. The van der Waals surface area contributed by atoms with Gasteiger partial charge in [0.1, 0.15) is 6.04 Å². The number of carbonyl (C=O) groups excluding carboxylic acids is 1. The van der Waals surface area contributed by atoms with Crippen molar-refractivity contribution in [3.63, 3.8) is 0 Å². The van der Waals surface area contributed by atoms with Crippen molar-refractivity contribution in [2.24, 2.45) is 0 Å². The number of rotatable bonds is 8. The van der Waals surface area contributed by atoms with Crippen molar-refractivity contribution in [3.05, 3.63) is 53.6 Å². The average Bonchev–Trinajstić information content (AvgIpc) is 2.61. The maximum Gasteiger partial charge on any atom is 0.248 e. The SMILES string of the molecule is CCSc1ccccc1NC(=O)[C@H](CC)N(c1ccc(Cl)cc1)S(C)(=O)=O. The van der Waals surface area contributed by atoms with Gasteiger partial charge in [0.2, 0.25) is 15.9 Å². The van der Waals surface area contributed by atoms with E-state index in [0.29, 0.717) is 22.8 Å². The minimum atomic E-state index is -3.68. The summed E-state index contributed by atoms with van der Waals surface area (Å²) in [7, 11) is -3.68. The van der Waals surface area contributed by atoms with Gasteiger partial charge in [-0.15, -0.1) is 11.8 Å². The molecule has 0 aliphatic rings. The van der Waals surface area contributed by atoms with Gasteiger partial charge in [-0.1, -0.05) is 37.6 Å². The van der Waals surface area contributed by atoms with Crippen molar-refractivity contribution >= 4 is 50.7 Å². The Hall–Kier alpha value is -1.70. The third-order valence-electron chi connectivity index (χ3n) is 3.86. The van der Waals surface area contributed by atoms with Gasteiger partial charge in [-0.05, 0) is 48.6 Å². The van der Waals surface area contributed by atoms with Crippen LogP contribution in [0.2, 0.25) is 5.02 Å². The van der Waals surface area contributed by atoms with E-state index in [1.807, 2.05) is 31.2 Å². The van der Waals surface area contributed by atoms with Gasteiger partial charge in [-0.25, -0.2) is 8.42 Å². The van der Waals surface area contributed by atoms with E-state index in [4.69, 9.17) is 11.6 Å². The predicted octanol–water partition coefficient (Wildman–Crippen LogP) is 4.64. The third-order valence-corrected chi connectivity index (χ3v) is 6.24. The Kier molecular flexibility index (Phi) is 7.59. The summed E-state index contributed by atoms with van der Waals surface area (Å²) in [5.74, 6) is 0.492. The van der Waals surface area contributed by atoms with Crippen molar-refractivity contribution in [1.82, 2.24) is 0 Å². The Labute approximate surface area is 170 Å². The van der Waals surface area contributed by atoms with Gasteiger partial charge in [-0.2, -0.15) is 0 Å². The third kappa shape index (κ3) is 5.64. The highest BCUT2D eigenvalue weighted by atomic mass is 35.5. The number of carbonyl (C=O) groups is 1. The molecule has 1 amide bonds. The van der Waals surface area contributed by atoms with Crippen LogP contribution in [-0.4, -0.2) is 32.4 Å². The monoisotopic (exact) mass is 426 g/mol. The quantitative estimate of drug-likeness (QED) is 0.624. The fraction of sp³-hybridized carbons (Fsp3) is 0.316. The fourth-order valence-electron chi connectivity index (χ4n) is 2.72. The standard InChI is InChI=1S/C19H23ClN2O3S2/c1-4-17(19(23)21-16-8-6-7-9-18(16)26-5-2)22(27(3,24)25)15-12-10-14(20)11-13-15/h6-13,17H,4-5H2,1-3H3,(H,21,23)/t17-/m0/s1. The summed E-state index contributed by atoms with van der Waals surface area (Å²) in [6.45, 7) is 3.81. The molecular formula is C19H23ClN2O3S2. The molecule has 2 rings (SSSR count). The summed E-state index contributed by atoms with van der Waals surface area (Å²) in [6, 6.07) is 13.0. The van der Waals surface area contributed by atoms with Gasteiger partial charge in [0.15, 0.2) is 0 Å². The number of nitrogens with zero attached hydrogens (tertiary/aromatic N) is 1. The van der Waals surface area contributed by atoms with E-state index in [1.165, 1.54) is 0 Å². The number of hydrogen-bond acceptors (Lipinski definition) is 4. The lowest BCUT2D eigenvalue weighted by atomic mass is 10.2. The first-order chi connectivity index (χ1) is 12.8. The van der Waals surface area contributed by atoms with Crippen molar-refractivity contribution in [2.45, 2.75) is 31.2 Å². The maximum atomic E-state index is 13.0. The lowest BCUT2D eigenvalue weighted by Gasteiger charge is -2.30. The molecule has 0 aromatic heterocycles. The lowest BCUT2D eigenvalue weighted by molar-refractivity contribution is -0.117.